The van der Waals surface area contributed by atoms with Crippen LogP contribution in [-0.4, -0.2) is 23.5 Å². The van der Waals surface area contributed by atoms with Gasteiger partial charge in [0, 0.05) is 13.5 Å². The number of rotatable bonds is 4. The van der Waals surface area contributed by atoms with Crippen LogP contribution in [0.25, 0.3) is 0 Å². The molecule has 0 aromatic carbocycles. The molecule has 1 saturated carbocycles. The van der Waals surface area contributed by atoms with Crippen LogP contribution >= 0.6 is 0 Å². The van der Waals surface area contributed by atoms with Gasteiger partial charge in [0.25, 0.3) is 0 Å². The second-order valence-corrected chi connectivity index (χ2v) is 3.57. The van der Waals surface area contributed by atoms with Crippen molar-refractivity contribution >= 4 is 11.9 Å². The lowest BCUT2D eigenvalue weighted by Crippen LogP contribution is -2.38. The minimum Gasteiger partial charge on any atom is -0.481 e. The molecule has 0 saturated heterocycles. The van der Waals surface area contributed by atoms with E-state index in [9.17, 15) is 9.59 Å². The predicted octanol–water partition coefficient (Wildman–Crippen LogP) is 0.623. The largest absolute Gasteiger partial charge is 0.481 e. The SMILES string of the molecule is CC(=O)NCC(C(=O)O)C1CCC1. The van der Waals surface area contributed by atoms with Crippen LogP contribution in [0.2, 0.25) is 0 Å². The molecular weight excluding hydrogens is 170 g/mol. The standard InChI is InChI=1S/C9H15NO3/c1-6(11)10-5-8(9(12)13)7-3-2-4-7/h7-8H,2-5H2,1H3,(H,10,11)(H,12,13). The zero-order chi connectivity index (χ0) is 9.84. The van der Waals surface area contributed by atoms with E-state index in [1.54, 1.807) is 0 Å². The summed E-state index contributed by atoms with van der Waals surface area (Å²) in [4.78, 5) is 21.4. The van der Waals surface area contributed by atoms with E-state index in [2.05, 4.69) is 5.32 Å². The molecule has 1 amide bonds. The lowest BCUT2D eigenvalue weighted by Gasteiger charge is -2.31. The summed E-state index contributed by atoms with van der Waals surface area (Å²) in [5.74, 6) is -1.08. The fourth-order valence-electron chi connectivity index (χ4n) is 1.55. The Kier molecular flexibility index (Phi) is 3.28. The van der Waals surface area contributed by atoms with Crippen molar-refractivity contribution in [2.24, 2.45) is 11.8 Å². The maximum absolute atomic E-state index is 10.8. The molecule has 74 valence electrons. The van der Waals surface area contributed by atoms with Gasteiger partial charge in [-0.25, -0.2) is 0 Å². The zero-order valence-electron chi connectivity index (χ0n) is 7.75. The molecule has 13 heavy (non-hydrogen) atoms. The Bertz CT molecular complexity index is 211. The molecule has 0 radical (unpaired) electrons. The third-order valence-electron chi connectivity index (χ3n) is 2.61. The number of aliphatic carboxylic acids is 1. The molecule has 1 unspecified atom stereocenters. The third kappa shape index (κ3) is 2.72. The van der Waals surface area contributed by atoms with Gasteiger partial charge in [0.05, 0.1) is 5.92 Å². The van der Waals surface area contributed by atoms with Gasteiger partial charge in [-0.1, -0.05) is 6.42 Å². The Balaban J connectivity index is 2.37. The van der Waals surface area contributed by atoms with E-state index in [1.165, 1.54) is 6.92 Å². The quantitative estimate of drug-likeness (QED) is 0.674. The lowest BCUT2D eigenvalue weighted by atomic mass is 9.76. The van der Waals surface area contributed by atoms with E-state index in [0.29, 0.717) is 0 Å². The topological polar surface area (TPSA) is 66.4 Å². The number of carboxylic acids is 1. The Morgan fingerprint density at radius 2 is 2.15 bits per heavy atom. The highest BCUT2D eigenvalue weighted by molar-refractivity contribution is 5.75. The molecule has 4 nitrogen and oxygen atoms in total. The second-order valence-electron chi connectivity index (χ2n) is 3.57. The molecule has 1 fully saturated rings. The number of carbonyl (C=O) groups is 2. The van der Waals surface area contributed by atoms with Crippen molar-refractivity contribution in [2.75, 3.05) is 6.54 Å². The van der Waals surface area contributed by atoms with Crippen LogP contribution in [0.15, 0.2) is 0 Å². The van der Waals surface area contributed by atoms with Crippen molar-refractivity contribution in [3.63, 3.8) is 0 Å². The number of carboxylic acid groups (broad SMARTS) is 1. The fraction of sp³-hybridized carbons (Fsp3) is 0.778. The fourth-order valence-corrected chi connectivity index (χ4v) is 1.55. The van der Waals surface area contributed by atoms with Gasteiger partial charge in [0.1, 0.15) is 0 Å². The molecule has 1 aliphatic rings. The van der Waals surface area contributed by atoms with E-state index in [1.807, 2.05) is 0 Å². The maximum atomic E-state index is 10.8. The summed E-state index contributed by atoms with van der Waals surface area (Å²) in [5, 5.41) is 11.4. The van der Waals surface area contributed by atoms with Crippen LogP contribution in [0.3, 0.4) is 0 Å². The Morgan fingerprint density at radius 3 is 2.46 bits per heavy atom. The van der Waals surface area contributed by atoms with Gasteiger partial charge in [-0.15, -0.1) is 0 Å². The summed E-state index contributed by atoms with van der Waals surface area (Å²) < 4.78 is 0. The van der Waals surface area contributed by atoms with Crippen molar-refractivity contribution in [2.45, 2.75) is 26.2 Å². The molecule has 0 spiro atoms. The molecule has 4 heteroatoms. The van der Waals surface area contributed by atoms with Crippen LogP contribution in [0.4, 0.5) is 0 Å². The van der Waals surface area contributed by atoms with Crippen LogP contribution < -0.4 is 5.32 Å². The summed E-state index contributed by atoms with van der Waals surface area (Å²) in [6, 6.07) is 0. The first kappa shape index (κ1) is 10.0. The molecule has 0 heterocycles. The molecule has 1 rings (SSSR count). The normalized spacial score (nSPS) is 18.8. The van der Waals surface area contributed by atoms with Crippen molar-refractivity contribution in [3.8, 4) is 0 Å². The lowest BCUT2D eigenvalue weighted by molar-refractivity contribution is -0.144. The molecule has 0 aliphatic heterocycles. The maximum Gasteiger partial charge on any atom is 0.308 e. The van der Waals surface area contributed by atoms with Gasteiger partial charge in [-0.05, 0) is 18.8 Å². The van der Waals surface area contributed by atoms with Crippen molar-refractivity contribution < 1.29 is 14.7 Å². The zero-order valence-corrected chi connectivity index (χ0v) is 7.75. The van der Waals surface area contributed by atoms with E-state index in [-0.39, 0.29) is 18.4 Å². The average Bonchev–Trinajstić information content (AvgIpc) is 1.92. The van der Waals surface area contributed by atoms with Crippen molar-refractivity contribution in [1.82, 2.24) is 5.32 Å². The molecule has 0 aromatic heterocycles. The highest BCUT2D eigenvalue weighted by atomic mass is 16.4. The Labute approximate surface area is 77.3 Å². The number of hydrogen-bond acceptors (Lipinski definition) is 2. The number of amides is 1. The monoisotopic (exact) mass is 185 g/mol. The average molecular weight is 185 g/mol. The first-order chi connectivity index (χ1) is 6.11. The van der Waals surface area contributed by atoms with Crippen molar-refractivity contribution in [3.05, 3.63) is 0 Å². The number of hydrogen-bond donors (Lipinski definition) is 2. The summed E-state index contributed by atoms with van der Waals surface area (Å²) in [6.07, 6.45) is 3.08. The Morgan fingerprint density at radius 1 is 1.54 bits per heavy atom. The van der Waals surface area contributed by atoms with Crippen LogP contribution in [-0.2, 0) is 9.59 Å². The molecular formula is C9H15NO3. The van der Waals surface area contributed by atoms with E-state index in [4.69, 9.17) is 5.11 Å². The van der Waals surface area contributed by atoms with Crippen LogP contribution in [0, 0.1) is 11.8 Å². The van der Waals surface area contributed by atoms with Gasteiger partial charge in [-0.3, -0.25) is 9.59 Å². The highest BCUT2D eigenvalue weighted by Crippen LogP contribution is 2.33. The molecule has 1 aliphatic carbocycles. The van der Waals surface area contributed by atoms with E-state index in [0.717, 1.165) is 19.3 Å². The third-order valence-corrected chi connectivity index (χ3v) is 2.61. The number of carbonyl (C=O) groups excluding carboxylic acids is 1. The minimum absolute atomic E-state index is 0.162. The van der Waals surface area contributed by atoms with Crippen LogP contribution in [0.5, 0.6) is 0 Å². The minimum atomic E-state index is -0.793. The van der Waals surface area contributed by atoms with Crippen LogP contribution in [0.1, 0.15) is 26.2 Å². The van der Waals surface area contributed by atoms with Gasteiger partial charge >= 0.3 is 5.97 Å². The highest BCUT2D eigenvalue weighted by Gasteiger charge is 2.32. The second kappa shape index (κ2) is 4.25. The molecule has 0 aromatic rings. The van der Waals surface area contributed by atoms with E-state index >= 15 is 0 Å². The van der Waals surface area contributed by atoms with E-state index < -0.39 is 11.9 Å². The van der Waals surface area contributed by atoms with Gasteiger partial charge in [0.2, 0.25) is 5.91 Å². The smallest absolute Gasteiger partial charge is 0.308 e. The summed E-state index contributed by atoms with van der Waals surface area (Å²) in [6.45, 7) is 1.68. The predicted molar refractivity (Wildman–Crippen MR) is 47.2 cm³/mol. The first-order valence-electron chi connectivity index (χ1n) is 4.58. The first-order valence-corrected chi connectivity index (χ1v) is 4.58. The number of nitrogens with one attached hydrogen (secondary N) is 1. The van der Waals surface area contributed by atoms with Gasteiger partial charge in [-0.2, -0.15) is 0 Å². The van der Waals surface area contributed by atoms with Gasteiger partial charge in [0.15, 0.2) is 0 Å². The summed E-state index contributed by atoms with van der Waals surface area (Å²) >= 11 is 0. The molecule has 2 N–H and O–H groups in total. The summed E-state index contributed by atoms with van der Waals surface area (Å²) in [5.41, 5.74) is 0. The Hall–Kier alpha value is -1.06. The van der Waals surface area contributed by atoms with Gasteiger partial charge < -0.3 is 10.4 Å². The van der Waals surface area contributed by atoms with Crippen molar-refractivity contribution in [1.29, 1.82) is 0 Å². The molecule has 0 bridgehead atoms. The molecule has 1 atom stereocenters. The summed E-state index contributed by atoms with van der Waals surface area (Å²) in [7, 11) is 0.